The van der Waals surface area contributed by atoms with Crippen LogP contribution in [0.3, 0.4) is 0 Å². The van der Waals surface area contributed by atoms with Gasteiger partial charge in [-0.25, -0.2) is 9.67 Å². The number of aromatic nitrogens is 3. The molecular formula is C28H28FN5O. The van der Waals surface area contributed by atoms with Crippen LogP contribution in [0.2, 0.25) is 0 Å². The molecule has 2 aromatic heterocycles. The number of hydrogen-bond donors (Lipinski definition) is 0. The van der Waals surface area contributed by atoms with Crippen LogP contribution < -0.4 is 0 Å². The number of fused-ring (bicyclic) bond motifs is 1. The van der Waals surface area contributed by atoms with Crippen molar-refractivity contribution in [3.05, 3.63) is 59.3 Å². The van der Waals surface area contributed by atoms with Gasteiger partial charge in [0.05, 0.1) is 17.5 Å². The summed E-state index contributed by atoms with van der Waals surface area (Å²) in [7, 11) is 0. The molecule has 178 valence electrons. The second-order valence-electron chi connectivity index (χ2n) is 10.7. The first-order valence-corrected chi connectivity index (χ1v) is 12.5. The van der Waals surface area contributed by atoms with Crippen molar-refractivity contribution in [3.63, 3.8) is 0 Å². The van der Waals surface area contributed by atoms with E-state index in [1.54, 1.807) is 18.3 Å². The van der Waals surface area contributed by atoms with Crippen LogP contribution in [0.15, 0.2) is 36.5 Å². The van der Waals surface area contributed by atoms with E-state index >= 15 is 4.39 Å². The van der Waals surface area contributed by atoms with E-state index in [-0.39, 0.29) is 17.0 Å². The predicted molar refractivity (Wildman–Crippen MR) is 130 cm³/mol. The van der Waals surface area contributed by atoms with Crippen LogP contribution in [0, 0.1) is 28.6 Å². The molecule has 2 saturated carbocycles. The highest BCUT2D eigenvalue weighted by atomic mass is 19.1. The maximum atomic E-state index is 15.6. The number of halogens is 1. The van der Waals surface area contributed by atoms with Crippen molar-refractivity contribution >= 4 is 5.91 Å². The number of nitriles is 1. The molecule has 1 aliphatic heterocycles. The average Bonchev–Trinajstić information content (AvgIpc) is 3.35. The molecule has 0 N–H and O–H groups in total. The second-order valence-corrected chi connectivity index (χ2v) is 10.7. The number of rotatable bonds is 6. The van der Waals surface area contributed by atoms with Gasteiger partial charge >= 0.3 is 0 Å². The minimum Gasteiger partial charge on any atom is -0.334 e. The van der Waals surface area contributed by atoms with Crippen LogP contribution in [-0.2, 0) is 13.1 Å². The summed E-state index contributed by atoms with van der Waals surface area (Å²) >= 11 is 0. The Balaban J connectivity index is 1.37. The van der Waals surface area contributed by atoms with Gasteiger partial charge in [-0.1, -0.05) is 31.9 Å². The van der Waals surface area contributed by atoms with Crippen molar-refractivity contribution in [2.24, 2.45) is 11.3 Å². The van der Waals surface area contributed by atoms with E-state index in [4.69, 9.17) is 0 Å². The topological polar surface area (TPSA) is 74.8 Å². The largest absolute Gasteiger partial charge is 0.334 e. The fourth-order valence-corrected chi connectivity index (χ4v) is 5.64. The van der Waals surface area contributed by atoms with E-state index in [1.165, 1.54) is 30.4 Å². The van der Waals surface area contributed by atoms with E-state index in [0.29, 0.717) is 47.0 Å². The Bertz CT molecular complexity index is 1360. The molecule has 0 radical (unpaired) electrons. The van der Waals surface area contributed by atoms with Crippen molar-refractivity contribution in [3.8, 4) is 28.5 Å². The van der Waals surface area contributed by atoms with Crippen LogP contribution in [0.1, 0.15) is 67.1 Å². The zero-order valence-corrected chi connectivity index (χ0v) is 19.9. The lowest BCUT2D eigenvalue weighted by Gasteiger charge is -2.23. The molecule has 6 nitrogen and oxygen atoms in total. The highest BCUT2D eigenvalue weighted by Crippen LogP contribution is 2.40. The monoisotopic (exact) mass is 469 g/mol. The van der Waals surface area contributed by atoms with Crippen LogP contribution in [0.5, 0.6) is 0 Å². The van der Waals surface area contributed by atoms with E-state index in [9.17, 15) is 10.1 Å². The molecule has 1 amide bonds. The summed E-state index contributed by atoms with van der Waals surface area (Å²) in [6.45, 7) is 4.18. The van der Waals surface area contributed by atoms with Gasteiger partial charge in [0.25, 0.3) is 5.91 Å². The smallest absolute Gasteiger partial charge is 0.254 e. The molecule has 0 spiro atoms. The number of carbonyl (C=O) groups is 1. The first-order valence-electron chi connectivity index (χ1n) is 12.5. The van der Waals surface area contributed by atoms with Gasteiger partial charge in [0.15, 0.2) is 0 Å². The number of hydrogen-bond acceptors (Lipinski definition) is 4. The molecule has 0 bridgehead atoms. The minimum absolute atomic E-state index is 0.0375. The molecule has 2 aliphatic carbocycles. The van der Waals surface area contributed by atoms with Gasteiger partial charge in [-0.3, -0.25) is 4.79 Å². The van der Waals surface area contributed by atoms with Crippen LogP contribution in [0.25, 0.3) is 22.4 Å². The second kappa shape index (κ2) is 8.30. The lowest BCUT2D eigenvalue weighted by molar-refractivity contribution is 0.0771. The molecular weight excluding hydrogens is 441 g/mol. The summed E-state index contributed by atoms with van der Waals surface area (Å²) in [6.07, 6.45) is 8.43. The van der Waals surface area contributed by atoms with Crippen molar-refractivity contribution in [2.75, 3.05) is 6.54 Å². The maximum absolute atomic E-state index is 15.6. The van der Waals surface area contributed by atoms with Gasteiger partial charge < -0.3 is 4.90 Å². The fraction of sp³-hybridized carbons (Fsp3) is 0.429. The quantitative estimate of drug-likeness (QED) is 0.473. The molecule has 6 rings (SSSR count). The summed E-state index contributed by atoms with van der Waals surface area (Å²) < 4.78 is 17.1. The first-order chi connectivity index (χ1) is 16.9. The summed E-state index contributed by atoms with van der Waals surface area (Å²) in [5.74, 6) is 0.272. The molecule has 0 saturated heterocycles. The Kier molecular flexibility index (Phi) is 5.21. The van der Waals surface area contributed by atoms with E-state index < -0.39 is 5.95 Å². The molecule has 0 unspecified atom stereocenters. The summed E-state index contributed by atoms with van der Waals surface area (Å²) in [6, 6.07) is 11.1. The number of nitrogens with zero attached hydrogens (tertiary/aromatic N) is 5. The maximum Gasteiger partial charge on any atom is 0.254 e. The summed E-state index contributed by atoms with van der Waals surface area (Å²) in [5.41, 5.74) is 4.10. The Morgan fingerprint density at radius 2 is 1.94 bits per heavy atom. The molecule has 35 heavy (non-hydrogen) atoms. The van der Waals surface area contributed by atoms with Crippen LogP contribution >= 0.6 is 0 Å². The van der Waals surface area contributed by atoms with Gasteiger partial charge in [-0.2, -0.15) is 14.8 Å². The van der Waals surface area contributed by atoms with Crippen molar-refractivity contribution in [1.82, 2.24) is 19.7 Å². The predicted octanol–water partition coefficient (Wildman–Crippen LogP) is 5.57. The lowest BCUT2D eigenvalue weighted by Crippen LogP contribution is -2.26. The molecule has 3 heterocycles. The van der Waals surface area contributed by atoms with Gasteiger partial charge in [-0.05, 0) is 60.8 Å². The van der Waals surface area contributed by atoms with E-state index in [1.807, 2.05) is 23.1 Å². The lowest BCUT2D eigenvalue weighted by atomic mass is 9.89. The number of pyridine rings is 1. The zero-order valence-electron chi connectivity index (χ0n) is 19.9. The molecule has 2 fully saturated rings. The third-order valence-electron chi connectivity index (χ3n) is 7.85. The fourth-order valence-electron chi connectivity index (χ4n) is 5.64. The van der Waals surface area contributed by atoms with Crippen molar-refractivity contribution in [1.29, 1.82) is 5.26 Å². The Hall–Kier alpha value is -3.53. The van der Waals surface area contributed by atoms with Crippen LogP contribution in [0.4, 0.5) is 4.39 Å². The molecule has 0 atom stereocenters. The SMILES string of the molecule is CC1(Cn2ncc(-c3ccc(C#N)nc3-c3ccc4c(c3)C(=O)N(CC3CC3)C4)c2F)CCCC1. The molecule has 7 heteroatoms. The van der Waals surface area contributed by atoms with Crippen LogP contribution in [-0.4, -0.2) is 32.1 Å². The van der Waals surface area contributed by atoms with E-state index in [2.05, 4.69) is 23.1 Å². The third-order valence-corrected chi connectivity index (χ3v) is 7.85. The van der Waals surface area contributed by atoms with Gasteiger partial charge in [0.2, 0.25) is 5.95 Å². The Morgan fingerprint density at radius 1 is 1.14 bits per heavy atom. The standard InChI is InChI=1S/C28H28FN5O/c1-28(10-2-3-11-28)17-34-26(29)24(14-31-34)22-9-8-21(13-30)32-25(22)19-6-7-20-16-33(15-18-4-5-18)27(35)23(20)12-19/h6-9,12,14,18H,2-5,10-11,15-17H2,1H3. The number of amides is 1. The number of benzene rings is 1. The zero-order chi connectivity index (χ0) is 24.2. The molecule has 3 aromatic rings. The van der Waals surface area contributed by atoms with Crippen molar-refractivity contribution in [2.45, 2.75) is 58.5 Å². The molecule has 1 aromatic carbocycles. The molecule has 3 aliphatic rings. The Labute approximate surface area is 204 Å². The van der Waals surface area contributed by atoms with Gasteiger partial charge in [0.1, 0.15) is 11.8 Å². The number of carbonyl (C=O) groups excluding carboxylic acids is 1. The van der Waals surface area contributed by atoms with Gasteiger partial charge in [0, 0.05) is 36.3 Å². The summed E-state index contributed by atoms with van der Waals surface area (Å²) in [4.78, 5) is 19.5. The first kappa shape index (κ1) is 22.0. The summed E-state index contributed by atoms with van der Waals surface area (Å²) in [5, 5.41) is 13.9. The Morgan fingerprint density at radius 3 is 2.69 bits per heavy atom. The highest BCUT2D eigenvalue weighted by Gasteiger charge is 2.34. The van der Waals surface area contributed by atoms with E-state index in [0.717, 1.165) is 24.9 Å². The average molecular weight is 470 g/mol. The van der Waals surface area contributed by atoms with Crippen molar-refractivity contribution < 1.29 is 9.18 Å². The highest BCUT2D eigenvalue weighted by molar-refractivity contribution is 6.00. The normalized spacial score (nSPS) is 18.7. The third kappa shape index (κ3) is 4.01. The van der Waals surface area contributed by atoms with Gasteiger partial charge in [-0.15, -0.1) is 0 Å². The minimum atomic E-state index is -0.390.